The average Bonchev–Trinajstić information content (AvgIpc) is 3.16. The number of carbonyl (C=O) groups is 2. The molecule has 0 spiro atoms. The van der Waals surface area contributed by atoms with E-state index in [4.69, 9.17) is 0 Å². The number of hydrogen-bond acceptors (Lipinski definition) is 4. The van der Waals surface area contributed by atoms with Gasteiger partial charge in [-0.1, -0.05) is 0 Å². The number of hydrogen-bond donors (Lipinski definition) is 1. The van der Waals surface area contributed by atoms with Gasteiger partial charge in [-0.2, -0.15) is 0 Å². The number of fused-ring (bicyclic) bond motifs is 1. The van der Waals surface area contributed by atoms with E-state index in [0.717, 1.165) is 19.6 Å². The van der Waals surface area contributed by atoms with Crippen LogP contribution in [0.5, 0.6) is 0 Å². The minimum absolute atomic E-state index is 0.0153. The zero-order valence-electron chi connectivity index (χ0n) is 15.4. The fourth-order valence-electron chi connectivity index (χ4n) is 4.92. The van der Waals surface area contributed by atoms with Crippen molar-refractivity contribution < 1.29 is 14.7 Å². The van der Waals surface area contributed by atoms with Crippen molar-refractivity contribution in [1.29, 1.82) is 0 Å². The van der Waals surface area contributed by atoms with Crippen LogP contribution in [0.15, 0.2) is 24.3 Å². The fraction of sp³-hybridized carbons (Fsp3) is 0.600. The van der Waals surface area contributed by atoms with Crippen molar-refractivity contribution in [2.75, 3.05) is 51.2 Å². The van der Waals surface area contributed by atoms with Crippen molar-refractivity contribution in [2.45, 2.75) is 19.3 Å². The molecule has 6 heteroatoms. The number of likely N-dealkylation sites (tertiary alicyclic amines) is 2. The number of anilines is 1. The Labute approximate surface area is 154 Å². The zero-order valence-corrected chi connectivity index (χ0v) is 15.4. The Morgan fingerprint density at radius 1 is 1.04 bits per heavy atom. The zero-order chi connectivity index (χ0) is 18.3. The summed E-state index contributed by atoms with van der Waals surface area (Å²) in [5.74, 6) is -0.808. The highest BCUT2D eigenvalue weighted by Gasteiger charge is 2.57. The maximum atomic E-state index is 12.9. The monoisotopic (exact) mass is 357 g/mol. The molecule has 0 aromatic heterocycles. The Kier molecular flexibility index (Phi) is 4.39. The summed E-state index contributed by atoms with van der Waals surface area (Å²) in [7, 11) is 1.95. The smallest absolute Gasteiger partial charge is 0.313 e. The summed E-state index contributed by atoms with van der Waals surface area (Å²) < 4.78 is 0. The van der Waals surface area contributed by atoms with E-state index < -0.39 is 11.4 Å². The summed E-state index contributed by atoms with van der Waals surface area (Å²) >= 11 is 0. The molecule has 0 radical (unpaired) electrons. The van der Waals surface area contributed by atoms with Crippen molar-refractivity contribution in [3.05, 3.63) is 29.8 Å². The van der Waals surface area contributed by atoms with Crippen LogP contribution in [0.25, 0.3) is 0 Å². The molecule has 1 aromatic rings. The second-order valence-electron chi connectivity index (χ2n) is 8.14. The largest absolute Gasteiger partial charge is 0.481 e. The standard InChI is InChI=1S/C20H27N3O3/c1-21-11-16-12-23(14-20(16,13-21)19(25)26)18(24)15-5-7-17(8-6-15)22-9-3-2-4-10-22/h5-8,16H,2-4,9-14H2,1H3,(H,25,26)/t16-,20-/m0/s1. The van der Waals surface area contributed by atoms with Crippen LogP contribution < -0.4 is 4.90 Å². The van der Waals surface area contributed by atoms with Crippen LogP contribution in [0.2, 0.25) is 0 Å². The summed E-state index contributed by atoms with van der Waals surface area (Å²) in [5, 5.41) is 9.77. The minimum atomic E-state index is -0.807. The number of piperidine rings is 1. The first-order chi connectivity index (χ1) is 12.5. The number of benzene rings is 1. The van der Waals surface area contributed by atoms with Gasteiger partial charge < -0.3 is 19.8 Å². The molecular formula is C20H27N3O3. The molecule has 0 unspecified atom stereocenters. The highest BCUT2D eigenvalue weighted by Crippen LogP contribution is 2.42. The van der Waals surface area contributed by atoms with E-state index in [0.29, 0.717) is 25.2 Å². The second kappa shape index (κ2) is 6.58. The van der Waals surface area contributed by atoms with Crippen molar-refractivity contribution >= 4 is 17.6 Å². The van der Waals surface area contributed by atoms with Crippen molar-refractivity contribution in [3.8, 4) is 0 Å². The van der Waals surface area contributed by atoms with Crippen LogP contribution in [-0.2, 0) is 4.79 Å². The molecule has 1 N–H and O–H groups in total. The van der Waals surface area contributed by atoms with Crippen molar-refractivity contribution in [2.24, 2.45) is 11.3 Å². The third kappa shape index (κ3) is 2.86. The molecule has 0 saturated carbocycles. The molecule has 1 amide bonds. The molecule has 3 saturated heterocycles. The summed E-state index contributed by atoms with van der Waals surface area (Å²) in [6.45, 7) is 4.26. The highest BCUT2D eigenvalue weighted by molar-refractivity contribution is 5.95. The predicted octanol–water partition coefficient (Wildman–Crippen LogP) is 1.77. The Hall–Kier alpha value is -2.08. The number of aliphatic carboxylic acids is 1. The lowest BCUT2D eigenvalue weighted by atomic mass is 9.81. The van der Waals surface area contributed by atoms with Gasteiger partial charge in [0.25, 0.3) is 5.91 Å². The van der Waals surface area contributed by atoms with Crippen molar-refractivity contribution in [3.63, 3.8) is 0 Å². The van der Waals surface area contributed by atoms with E-state index in [-0.39, 0.29) is 11.8 Å². The third-order valence-electron chi connectivity index (χ3n) is 6.33. The molecule has 0 bridgehead atoms. The highest BCUT2D eigenvalue weighted by atomic mass is 16.4. The summed E-state index contributed by atoms with van der Waals surface area (Å²) in [6, 6.07) is 7.83. The lowest BCUT2D eigenvalue weighted by molar-refractivity contribution is -0.148. The Morgan fingerprint density at radius 3 is 2.35 bits per heavy atom. The van der Waals surface area contributed by atoms with E-state index in [9.17, 15) is 14.7 Å². The van der Waals surface area contributed by atoms with Gasteiger partial charge in [-0.3, -0.25) is 9.59 Å². The average molecular weight is 357 g/mol. The quantitative estimate of drug-likeness (QED) is 0.893. The van der Waals surface area contributed by atoms with Crippen LogP contribution in [0.1, 0.15) is 29.6 Å². The van der Waals surface area contributed by atoms with Crippen LogP contribution in [-0.4, -0.2) is 73.1 Å². The Balaban J connectivity index is 1.47. The molecule has 1 aromatic carbocycles. The van der Waals surface area contributed by atoms with Crippen LogP contribution >= 0.6 is 0 Å². The van der Waals surface area contributed by atoms with E-state index in [1.807, 2.05) is 31.3 Å². The predicted molar refractivity (Wildman–Crippen MR) is 99.5 cm³/mol. The number of rotatable bonds is 3. The fourth-order valence-corrected chi connectivity index (χ4v) is 4.92. The molecule has 3 fully saturated rings. The van der Waals surface area contributed by atoms with Crippen molar-refractivity contribution in [1.82, 2.24) is 9.80 Å². The lowest BCUT2D eigenvalue weighted by Gasteiger charge is -2.29. The third-order valence-corrected chi connectivity index (χ3v) is 6.33. The van der Waals surface area contributed by atoms with Gasteiger partial charge in [0.2, 0.25) is 0 Å². The van der Waals surface area contributed by atoms with Crippen LogP contribution in [0.4, 0.5) is 5.69 Å². The summed E-state index contributed by atoms with van der Waals surface area (Å²) in [5.41, 5.74) is 1.01. The van der Waals surface area contributed by atoms with E-state index in [2.05, 4.69) is 9.80 Å². The van der Waals surface area contributed by atoms with Gasteiger partial charge in [-0.05, 0) is 50.6 Å². The topological polar surface area (TPSA) is 64.1 Å². The van der Waals surface area contributed by atoms with Gasteiger partial charge in [0, 0.05) is 56.4 Å². The molecule has 2 atom stereocenters. The second-order valence-corrected chi connectivity index (χ2v) is 8.14. The van der Waals surface area contributed by atoms with E-state index in [1.54, 1.807) is 4.90 Å². The SMILES string of the molecule is CN1C[C@H]2CN(C(=O)c3ccc(N4CCCCC4)cc3)C[C@@]2(C(=O)O)C1. The van der Waals surface area contributed by atoms with Gasteiger partial charge in [0.1, 0.15) is 5.41 Å². The molecule has 140 valence electrons. The summed E-state index contributed by atoms with van der Waals surface area (Å²) in [6.07, 6.45) is 3.74. The minimum Gasteiger partial charge on any atom is -0.481 e. The number of carboxylic acids is 1. The van der Waals surface area contributed by atoms with E-state index >= 15 is 0 Å². The van der Waals surface area contributed by atoms with Gasteiger partial charge in [-0.15, -0.1) is 0 Å². The maximum absolute atomic E-state index is 12.9. The molecule has 3 heterocycles. The van der Waals surface area contributed by atoms with E-state index in [1.165, 1.54) is 24.9 Å². The maximum Gasteiger partial charge on any atom is 0.313 e. The number of carboxylic acid groups (broad SMARTS) is 1. The Bertz CT molecular complexity index is 699. The molecule has 26 heavy (non-hydrogen) atoms. The number of amides is 1. The van der Waals surface area contributed by atoms with Gasteiger partial charge in [-0.25, -0.2) is 0 Å². The summed E-state index contributed by atoms with van der Waals surface area (Å²) in [4.78, 5) is 31.0. The Morgan fingerprint density at radius 2 is 1.73 bits per heavy atom. The molecule has 6 nitrogen and oxygen atoms in total. The molecule has 0 aliphatic carbocycles. The number of nitrogens with zero attached hydrogens (tertiary/aromatic N) is 3. The molecular weight excluding hydrogens is 330 g/mol. The molecule has 4 rings (SSSR count). The first-order valence-corrected chi connectivity index (χ1v) is 9.56. The normalized spacial score (nSPS) is 29.0. The van der Waals surface area contributed by atoms with Gasteiger partial charge in [0.15, 0.2) is 0 Å². The first kappa shape index (κ1) is 17.3. The molecule has 3 aliphatic rings. The van der Waals surface area contributed by atoms with Crippen LogP contribution in [0, 0.1) is 11.3 Å². The van der Waals surface area contributed by atoms with Crippen LogP contribution in [0.3, 0.4) is 0 Å². The molecule has 3 aliphatic heterocycles. The lowest BCUT2D eigenvalue weighted by Crippen LogP contribution is -2.41. The number of carbonyl (C=O) groups excluding carboxylic acids is 1. The van der Waals surface area contributed by atoms with Gasteiger partial charge in [0.05, 0.1) is 0 Å². The van der Waals surface area contributed by atoms with Gasteiger partial charge >= 0.3 is 5.97 Å². The first-order valence-electron chi connectivity index (χ1n) is 9.56.